The summed E-state index contributed by atoms with van der Waals surface area (Å²) in [6.45, 7) is 0.823. The monoisotopic (exact) mass is 245 g/mol. The van der Waals surface area contributed by atoms with E-state index in [4.69, 9.17) is 23.2 Å². The number of hydrogen-bond donors (Lipinski definition) is 1. The summed E-state index contributed by atoms with van der Waals surface area (Å²) in [5.41, 5.74) is 0.514. The molecule has 0 atom stereocenters. The molecule has 1 rings (SSSR count). The first-order valence-electron chi connectivity index (χ1n) is 4.78. The summed E-state index contributed by atoms with van der Waals surface area (Å²) in [7, 11) is 1.86. The van der Waals surface area contributed by atoms with E-state index in [1.165, 1.54) is 0 Å². The van der Waals surface area contributed by atoms with Gasteiger partial charge in [0.2, 0.25) is 0 Å². The Kier molecular flexibility index (Phi) is 5.09. The fourth-order valence-corrected chi connectivity index (χ4v) is 1.67. The van der Waals surface area contributed by atoms with Crippen LogP contribution in [0.3, 0.4) is 0 Å². The minimum atomic E-state index is 0.0396. The number of hydrogen-bond acceptors (Lipinski definition) is 2. The van der Waals surface area contributed by atoms with Gasteiger partial charge in [0, 0.05) is 17.0 Å². The zero-order valence-corrected chi connectivity index (χ0v) is 10.0. The molecule has 0 saturated carbocycles. The van der Waals surface area contributed by atoms with Crippen LogP contribution in [0.2, 0.25) is 10.0 Å². The molecule has 0 aliphatic rings. The van der Waals surface area contributed by atoms with E-state index in [1.54, 1.807) is 18.2 Å². The number of carbonyl (C=O) groups excluding carboxylic acids is 1. The highest BCUT2D eigenvalue weighted by molar-refractivity contribution is 6.35. The molecule has 0 aliphatic heterocycles. The predicted molar refractivity (Wildman–Crippen MR) is 64.0 cm³/mol. The summed E-state index contributed by atoms with van der Waals surface area (Å²) in [6, 6.07) is 4.94. The van der Waals surface area contributed by atoms with Crippen LogP contribution in [0.15, 0.2) is 18.2 Å². The van der Waals surface area contributed by atoms with Crippen LogP contribution in [-0.4, -0.2) is 19.4 Å². The molecule has 0 amide bonds. The van der Waals surface area contributed by atoms with E-state index in [-0.39, 0.29) is 5.78 Å². The van der Waals surface area contributed by atoms with Crippen LogP contribution in [0.25, 0.3) is 0 Å². The molecule has 0 aliphatic carbocycles. The van der Waals surface area contributed by atoms with Crippen molar-refractivity contribution >= 4 is 29.0 Å². The van der Waals surface area contributed by atoms with Crippen molar-refractivity contribution in [3.8, 4) is 0 Å². The third-order valence-corrected chi connectivity index (χ3v) is 2.62. The first kappa shape index (κ1) is 12.5. The largest absolute Gasteiger partial charge is 0.320 e. The lowest BCUT2D eigenvalue weighted by Gasteiger charge is -2.03. The third-order valence-electron chi connectivity index (χ3n) is 2.06. The van der Waals surface area contributed by atoms with Crippen molar-refractivity contribution in [1.82, 2.24) is 5.32 Å². The van der Waals surface area contributed by atoms with Gasteiger partial charge in [-0.2, -0.15) is 0 Å². The summed E-state index contributed by atoms with van der Waals surface area (Å²) in [5.74, 6) is 0.0396. The summed E-state index contributed by atoms with van der Waals surface area (Å²) in [5, 5.41) is 3.99. The molecule has 0 unspecified atom stereocenters. The number of ketones is 1. The Labute approximate surface area is 99.6 Å². The van der Waals surface area contributed by atoms with Crippen LogP contribution >= 0.6 is 23.2 Å². The molecule has 0 radical (unpaired) electrons. The van der Waals surface area contributed by atoms with Gasteiger partial charge in [-0.15, -0.1) is 0 Å². The van der Waals surface area contributed by atoms with Crippen LogP contribution in [0.4, 0.5) is 0 Å². The van der Waals surface area contributed by atoms with E-state index in [2.05, 4.69) is 5.32 Å². The first-order valence-corrected chi connectivity index (χ1v) is 5.53. The fourth-order valence-electron chi connectivity index (χ4n) is 1.27. The Morgan fingerprint density at radius 2 is 2.13 bits per heavy atom. The number of benzene rings is 1. The summed E-state index contributed by atoms with van der Waals surface area (Å²) < 4.78 is 0. The maximum Gasteiger partial charge on any atom is 0.164 e. The van der Waals surface area contributed by atoms with E-state index in [0.29, 0.717) is 22.0 Å². The molecule has 0 saturated heterocycles. The molecule has 0 fully saturated rings. The topological polar surface area (TPSA) is 29.1 Å². The summed E-state index contributed by atoms with van der Waals surface area (Å²) in [4.78, 5) is 11.7. The van der Waals surface area contributed by atoms with Gasteiger partial charge in [-0.1, -0.05) is 23.2 Å². The van der Waals surface area contributed by atoms with E-state index >= 15 is 0 Å². The van der Waals surface area contributed by atoms with Gasteiger partial charge < -0.3 is 5.32 Å². The Morgan fingerprint density at radius 3 is 2.80 bits per heavy atom. The second-order valence-corrected chi connectivity index (χ2v) is 4.10. The number of carbonyl (C=O) groups is 1. The van der Waals surface area contributed by atoms with Crippen LogP contribution in [-0.2, 0) is 0 Å². The van der Waals surface area contributed by atoms with Gasteiger partial charge in [-0.3, -0.25) is 4.79 Å². The van der Waals surface area contributed by atoms with Crippen molar-refractivity contribution in [3.63, 3.8) is 0 Å². The highest BCUT2D eigenvalue weighted by atomic mass is 35.5. The highest BCUT2D eigenvalue weighted by Crippen LogP contribution is 2.22. The van der Waals surface area contributed by atoms with Crippen molar-refractivity contribution in [1.29, 1.82) is 0 Å². The Balaban J connectivity index is 2.68. The molecule has 82 valence electrons. The van der Waals surface area contributed by atoms with Gasteiger partial charge in [0.1, 0.15) is 0 Å². The van der Waals surface area contributed by atoms with E-state index in [1.807, 2.05) is 7.05 Å². The molecule has 0 heterocycles. The van der Waals surface area contributed by atoms with E-state index in [9.17, 15) is 4.79 Å². The maximum atomic E-state index is 11.7. The SMILES string of the molecule is CNCCCC(=O)c1cc(Cl)ccc1Cl. The summed E-state index contributed by atoms with van der Waals surface area (Å²) in [6.07, 6.45) is 1.29. The number of halogens is 2. The van der Waals surface area contributed by atoms with Gasteiger partial charge in [0.15, 0.2) is 5.78 Å². The Hall–Kier alpha value is -0.570. The van der Waals surface area contributed by atoms with Crippen LogP contribution in [0.1, 0.15) is 23.2 Å². The molecule has 0 aromatic heterocycles. The van der Waals surface area contributed by atoms with Gasteiger partial charge in [-0.05, 0) is 38.2 Å². The lowest BCUT2D eigenvalue weighted by Crippen LogP contribution is -2.10. The lowest BCUT2D eigenvalue weighted by atomic mass is 10.1. The number of Topliss-reactive ketones (excluding diaryl/α,β-unsaturated/α-hetero) is 1. The molecular weight excluding hydrogens is 233 g/mol. The van der Waals surface area contributed by atoms with Crippen molar-refractivity contribution in [2.24, 2.45) is 0 Å². The molecule has 0 bridgehead atoms. The maximum absolute atomic E-state index is 11.7. The second kappa shape index (κ2) is 6.11. The molecule has 0 spiro atoms. The quantitative estimate of drug-likeness (QED) is 0.638. The van der Waals surface area contributed by atoms with Crippen LogP contribution in [0.5, 0.6) is 0 Å². The molecule has 1 aromatic carbocycles. The Bertz CT molecular complexity index is 352. The Morgan fingerprint density at radius 1 is 1.40 bits per heavy atom. The lowest BCUT2D eigenvalue weighted by molar-refractivity contribution is 0.0980. The number of nitrogens with one attached hydrogen (secondary N) is 1. The smallest absolute Gasteiger partial charge is 0.164 e. The molecule has 15 heavy (non-hydrogen) atoms. The molecule has 1 aromatic rings. The predicted octanol–water partition coefficient (Wildman–Crippen LogP) is 3.18. The van der Waals surface area contributed by atoms with Crippen molar-refractivity contribution in [2.45, 2.75) is 12.8 Å². The zero-order chi connectivity index (χ0) is 11.3. The normalized spacial score (nSPS) is 10.3. The van der Waals surface area contributed by atoms with Gasteiger partial charge in [0.05, 0.1) is 5.02 Å². The van der Waals surface area contributed by atoms with Crippen molar-refractivity contribution in [2.75, 3.05) is 13.6 Å². The van der Waals surface area contributed by atoms with Gasteiger partial charge >= 0.3 is 0 Å². The van der Waals surface area contributed by atoms with Crippen molar-refractivity contribution < 1.29 is 4.79 Å². The fraction of sp³-hybridized carbons (Fsp3) is 0.364. The molecular formula is C11H13Cl2NO. The minimum Gasteiger partial charge on any atom is -0.320 e. The van der Waals surface area contributed by atoms with E-state index in [0.717, 1.165) is 13.0 Å². The second-order valence-electron chi connectivity index (χ2n) is 3.25. The standard InChI is InChI=1S/C11H13Cl2NO/c1-14-6-2-3-11(15)9-7-8(12)4-5-10(9)13/h4-5,7,14H,2-3,6H2,1H3. The average Bonchev–Trinajstić information content (AvgIpc) is 2.22. The minimum absolute atomic E-state index is 0.0396. The van der Waals surface area contributed by atoms with Crippen LogP contribution < -0.4 is 5.32 Å². The highest BCUT2D eigenvalue weighted by Gasteiger charge is 2.10. The zero-order valence-electron chi connectivity index (χ0n) is 8.52. The average molecular weight is 246 g/mol. The van der Waals surface area contributed by atoms with Crippen LogP contribution in [0, 0.1) is 0 Å². The molecule has 1 N–H and O–H groups in total. The van der Waals surface area contributed by atoms with Crippen molar-refractivity contribution in [3.05, 3.63) is 33.8 Å². The molecule has 4 heteroatoms. The van der Waals surface area contributed by atoms with E-state index < -0.39 is 0 Å². The number of rotatable bonds is 5. The first-order chi connectivity index (χ1) is 7.15. The van der Waals surface area contributed by atoms with Gasteiger partial charge in [-0.25, -0.2) is 0 Å². The summed E-state index contributed by atoms with van der Waals surface area (Å²) >= 11 is 11.7. The third kappa shape index (κ3) is 3.82. The molecule has 2 nitrogen and oxygen atoms in total. The van der Waals surface area contributed by atoms with Gasteiger partial charge in [0.25, 0.3) is 0 Å².